The quantitative estimate of drug-likeness (QED) is 0.814. The average molecular weight is 230 g/mol. The van der Waals surface area contributed by atoms with Gasteiger partial charge in [0.2, 0.25) is 0 Å². The van der Waals surface area contributed by atoms with Crippen LogP contribution in [-0.4, -0.2) is 11.5 Å². The Morgan fingerprint density at radius 3 is 3.12 bits per heavy atom. The van der Waals surface area contributed by atoms with Crippen LogP contribution in [0.5, 0.6) is 0 Å². The number of hydrogen-bond acceptors (Lipinski definition) is 3. The van der Waals surface area contributed by atoms with Gasteiger partial charge in [-0.25, -0.2) is 0 Å². The summed E-state index contributed by atoms with van der Waals surface area (Å²) < 4.78 is 0. The molecule has 16 heavy (non-hydrogen) atoms. The maximum absolute atomic E-state index is 4.52. The third-order valence-corrected chi connectivity index (χ3v) is 4.02. The largest absolute Gasteiger partial charge is 0.305 e. The standard InChI is InChI=1S/C13H14N2S/c1-9-2-3-11(15-8-9)13-10-5-7-16-12(10)4-6-14-13/h2-3,5,7-8,13-14H,4,6H2,1H3. The summed E-state index contributed by atoms with van der Waals surface area (Å²) in [5, 5.41) is 5.72. The highest BCUT2D eigenvalue weighted by Crippen LogP contribution is 2.30. The normalized spacial score (nSPS) is 19.4. The van der Waals surface area contributed by atoms with Crippen molar-refractivity contribution in [3.05, 3.63) is 51.5 Å². The van der Waals surface area contributed by atoms with Crippen LogP contribution in [0, 0.1) is 6.92 Å². The number of fused-ring (bicyclic) bond motifs is 1. The van der Waals surface area contributed by atoms with Gasteiger partial charge < -0.3 is 5.32 Å². The summed E-state index contributed by atoms with van der Waals surface area (Å²) in [5.41, 5.74) is 3.75. The number of nitrogens with zero attached hydrogens (tertiary/aromatic N) is 1. The predicted octanol–water partition coefficient (Wildman–Crippen LogP) is 2.69. The molecule has 1 atom stereocenters. The highest BCUT2D eigenvalue weighted by atomic mass is 32.1. The molecule has 0 saturated heterocycles. The summed E-state index contributed by atoms with van der Waals surface area (Å²) in [6.45, 7) is 3.12. The molecule has 82 valence electrons. The molecule has 0 aromatic carbocycles. The van der Waals surface area contributed by atoms with Crippen molar-refractivity contribution in [1.29, 1.82) is 0 Å². The van der Waals surface area contributed by atoms with E-state index >= 15 is 0 Å². The number of aryl methyl sites for hydroxylation is 1. The van der Waals surface area contributed by atoms with Crippen molar-refractivity contribution in [2.45, 2.75) is 19.4 Å². The van der Waals surface area contributed by atoms with E-state index in [1.54, 1.807) is 0 Å². The van der Waals surface area contributed by atoms with E-state index in [1.165, 1.54) is 16.0 Å². The van der Waals surface area contributed by atoms with Gasteiger partial charge in [-0.2, -0.15) is 0 Å². The molecular formula is C13H14N2S. The maximum Gasteiger partial charge on any atom is 0.0762 e. The van der Waals surface area contributed by atoms with E-state index in [2.05, 4.69) is 40.8 Å². The van der Waals surface area contributed by atoms with Gasteiger partial charge in [0, 0.05) is 17.6 Å². The Labute approximate surface area is 99.4 Å². The highest BCUT2D eigenvalue weighted by Gasteiger charge is 2.22. The second-order valence-electron chi connectivity index (χ2n) is 4.20. The van der Waals surface area contributed by atoms with Crippen molar-refractivity contribution in [2.75, 3.05) is 6.54 Å². The minimum atomic E-state index is 0.288. The first-order chi connectivity index (χ1) is 7.84. The Balaban J connectivity index is 2.00. The van der Waals surface area contributed by atoms with Gasteiger partial charge in [-0.1, -0.05) is 6.07 Å². The SMILES string of the molecule is Cc1ccc(C2NCCc3sccc32)nc1. The lowest BCUT2D eigenvalue weighted by molar-refractivity contribution is 0.563. The number of aromatic nitrogens is 1. The topological polar surface area (TPSA) is 24.9 Å². The molecule has 0 radical (unpaired) electrons. The minimum Gasteiger partial charge on any atom is -0.305 e. The lowest BCUT2D eigenvalue weighted by atomic mass is 9.99. The van der Waals surface area contributed by atoms with Crippen molar-refractivity contribution in [3.8, 4) is 0 Å². The van der Waals surface area contributed by atoms with Crippen LogP contribution in [0.15, 0.2) is 29.8 Å². The van der Waals surface area contributed by atoms with Crippen LogP contribution < -0.4 is 5.32 Å². The zero-order chi connectivity index (χ0) is 11.0. The summed E-state index contributed by atoms with van der Waals surface area (Å²) in [6.07, 6.45) is 3.09. The van der Waals surface area contributed by atoms with Crippen molar-refractivity contribution < 1.29 is 0 Å². The van der Waals surface area contributed by atoms with Gasteiger partial charge >= 0.3 is 0 Å². The van der Waals surface area contributed by atoms with Gasteiger partial charge in [0.1, 0.15) is 0 Å². The first-order valence-electron chi connectivity index (χ1n) is 5.57. The molecule has 3 heterocycles. The molecule has 0 amide bonds. The van der Waals surface area contributed by atoms with E-state index in [9.17, 15) is 0 Å². The maximum atomic E-state index is 4.52. The van der Waals surface area contributed by atoms with Crippen LogP contribution in [0.4, 0.5) is 0 Å². The number of pyridine rings is 1. The minimum absolute atomic E-state index is 0.288. The monoisotopic (exact) mass is 230 g/mol. The molecular weight excluding hydrogens is 216 g/mol. The Bertz CT molecular complexity index is 487. The molecule has 1 unspecified atom stereocenters. The summed E-state index contributed by atoms with van der Waals surface area (Å²) >= 11 is 1.86. The molecule has 0 fully saturated rings. The molecule has 2 nitrogen and oxygen atoms in total. The van der Waals surface area contributed by atoms with Crippen LogP contribution in [0.2, 0.25) is 0 Å². The van der Waals surface area contributed by atoms with Crippen LogP contribution in [0.3, 0.4) is 0 Å². The lowest BCUT2D eigenvalue weighted by Gasteiger charge is -2.23. The molecule has 2 aromatic rings. The summed E-state index contributed by atoms with van der Waals surface area (Å²) in [7, 11) is 0. The molecule has 3 rings (SSSR count). The van der Waals surface area contributed by atoms with Crippen molar-refractivity contribution >= 4 is 11.3 Å². The third kappa shape index (κ3) is 1.66. The molecule has 1 aliphatic rings. The van der Waals surface area contributed by atoms with Crippen LogP contribution in [0.25, 0.3) is 0 Å². The smallest absolute Gasteiger partial charge is 0.0762 e. The molecule has 0 saturated carbocycles. The van der Waals surface area contributed by atoms with E-state index in [4.69, 9.17) is 0 Å². The van der Waals surface area contributed by atoms with E-state index in [1.807, 2.05) is 17.5 Å². The Hall–Kier alpha value is -1.19. The molecule has 1 N–H and O–H groups in total. The van der Waals surface area contributed by atoms with Gasteiger partial charge in [0.15, 0.2) is 0 Å². The fourth-order valence-electron chi connectivity index (χ4n) is 2.16. The van der Waals surface area contributed by atoms with Gasteiger partial charge in [0.05, 0.1) is 11.7 Å². The zero-order valence-corrected chi connectivity index (χ0v) is 10.1. The first-order valence-corrected chi connectivity index (χ1v) is 6.45. The third-order valence-electron chi connectivity index (χ3n) is 3.02. The summed E-state index contributed by atoms with van der Waals surface area (Å²) in [6, 6.07) is 6.76. The highest BCUT2D eigenvalue weighted by molar-refractivity contribution is 7.10. The Morgan fingerprint density at radius 1 is 1.38 bits per heavy atom. The van der Waals surface area contributed by atoms with Crippen LogP contribution in [0.1, 0.15) is 27.7 Å². The molecule has 1 aliphatic heterocycles. The van der Waals surface area contributed by atoms with Gasteiger partial charge in [-0.15, -0.1) is 11.3 Å². The number of hydrogen-bond donors (Lipinski definition) is 1. The van der Waals surface area contributed by atoms with Gasteiger partial charge in [-0.05, 0) is 42.0 Å². The second kappa shape index (κ2) is 4.00. The average Bonchev–Trinajstić information content (AvgIpc) is 2.78. The van der Waals surface area contributed by atoms with Gasteiger partial charge in [0.25, 0.3) is 0 Å². The van der Waals surface area contributed by atoms with Crippen molar-refractivity contribution in [3.63, 3.8) is 0 Å². The van der Waals surface area contributed by atoms with Crippen LogP contribution >= 0.6 is 11.3 Å². The number of rotatable bonds is 1. The molecule has 2 aromatic heterocycles. The summed E-state index contributed by atoms with van der Waals surface area (Å²) in [5.74, 6) is 0. The Kier molecular flexibility index (Phi) is 2.50. The number of nitrogens with one attached hydrogen (secondary N) is 1. The van der Waals surface area contributed by atoms with E-state index in [0.717, 1.165) is 18.7 Å². The number of thiophene rings is 1. The van der Waals surface area contributed by atoms with Crippen LogP contribution in [-0.2, 0) is 6.42 Å². The fraction of sp³-hybridized carbons (Fsp3) is 0.308. The first kappa shape index (κ1) is 10.00. The second-order valence-corrected chi connectivity index (χ2v) is 5.20. The van der Waals surface area contributed by atoms with Crippen molar-refractivity contribution in [1.82, 2.24) is 10.3 Å². The molecule has 0 bridgehead atoms. The summed E-state index contributed by atoms with van der Waals surface area (Å²) in [4.78, 5) is 6.03. The van der Waals surface area contributed by atoms with E-state index in [0.29, 0.717) is 0 Å². The van der Waals surface area contributed by atoms with E-state index in [-0.39, 0.29) is 6.04 Å². The fourth-order valence-corrected chi connectivity index (χ4v) is 3.09. The molecule has 0 aliphatic carbocycles. The van der Waals surface area contributed by atoms with Gasteiger partial charge in [-0.3, -0.25) is 4.98 Å². The van der Waals surface area contributed by atoms with E-state index < -0.39 is 0 Å². The Morgan fingerprint density at radius 2 is 2.31 bits per heavy atom. The predicted molar refractivity (Wildman–Crippen MR) is 66.8 cm³/mol. The zero-order valence-electron chi connectivity index (χ0n) is 9.23. The van der Waals surface area contributed by atoms with Crippen molar-refractivity contribution in [2.24, 2.45) is 0 Å². The lowest BCUT2D eigenvalue weighted by Crippen LogP contribution is -2.30. The molecule has 3 heteroatoms. The molecule has 0 spiro atoms.